The summed E-state index contributed by atoms with van der Waals surface area (Å²) < 4.78 is 43.6. The van der Waals surface area contributed by atoms with Gasteiger partial charge in [-0.3, -0.25) is 9.69 Å². The quantitative estimate of drug-likeness (QED) is 0.342. The van der Waals surface area contributed by atoms with E-state index in [1.165, 1.54) is 4.90 Å². The average Bonchev–Trinajstić information content (AvgIpc) is 3.45. The summed E-state index contributed by atoms with van der Waals surface area (Å²) in [7, 11) is 0. The first-order valence-electron chi connectivity index (χ1n) is 11.4. The van der Waals surface area contributed by atoms with Crippen molar-refractivity contribution >= 4 is 44.6 Å². The highest BCUT2D eigenvalue weighted by Gasteiger charge is 2.34. The molecule has 1 aliphatic rings. The summed E-state index contributed by atoms with van der Waals surface area (Å²) in [4.78, 5) is 31.4. The van der Waals surface area contributed by atoms with Crippen LogP contribution < -0.4 is 0 Å². The Morgan fingerprint density at radius 2 is 1.97 bits per heavy atom. The molecule has 0 bridgehead atoms. The maximum atomic E-state index is 12.5. The highest BCUT2D eigenvalue weighted by molar-refractivity contribution is 9.10. The molecule has 5 rings (SSSR count). The van der Waals surface area contributed by atoms with Crippen LogP contribution in [-0.2, 0) is 11.3 Å². The van der Waals surface area contributed by atoms with Crippen molar-refractivity contribution in [3.63, 3.8) is 0 Å². The van der Waals surface area contributed by atoms with E-state index in [-0.39, 0.29) is 13.1 Å². The number of halogens is 4. The zero-order valence-corrected chi connectivity index (χ0v) is 21.2. The van der Waals surface area contributed by atoms with Crippen molar-refractivity contribution in [1.82, 2.24) is 34.9 Å². The van der Waals surface area contributed by atoms with Crippen LogP contribution in [0, 0.1) is 6.92 Å². The van der Waals surface area contributed by atoms with E-state index >= 15 is 0 Å². The van der Waals surface area contributed by atoms with Crippen molar-refractivity contribution in [3.05, 3.63) is 51.6 Å². The number of fused-ring (bicyclic) bond motifs is 1. The van der Waals surface area contributed by atoms with E-state index in [4.69, 9.17) is 4.52 Å². The molecular formula is C23H21BrF3N8O2-. The van der Waals surface area contributed by atoms with Crippen molar-refractivity contribution in [3.8, 4) is 11.5 Å². The highest BCUT2D eigenvalue weighted by Crippen LogP contribution is 2.32. The van der Waals surface area contributed by atoms with Crippen LogP contribution in [0.15, 0.2) is 39.5 Å². The number of pyridine rings is 1. The first kappa shape index (κ1) is 25.1. The van der Waals surface area contributed by atoms with Gasteiger partial charge in [0, 0.05) is 59.6 Å². The van der Waals surface area contributed by atoms with Crippen molar-refractivity contribution < 1.29 is 22.5 Å². The van der Waals surface area contributed by atoms with E-state index in [0.717, 1.165) is 21.1 Å². The smallest absolute Gasteiger partial charge is 0.389 e. The number of H-pyrrole nitrogens is 1. The minimum atomic E-state index is -4.49. The molecule has 10 nitrogen and oxygen atoms in total. The van der Waals surface area contributed by atoms with Crippen molar-refractivity contribution in [2.75, 3.05) is 26.2 Å². The lowest BCUT2D eigenvalue weighted by molar-refractivity contribution is -0.162. The molecule has 0 aliphatic carbocycles. The highest BCUT2D eigenvalue weighted by atomic mass is 79.9. The van der Waals surface area contributed by atoms with E-state index < -0.39 is 18.5 Å². The lowest BCUT2D eigenvalue weighted by atomic mass is 10.2. The van der Waals surface area contributed by atoms with Crippen molar-refractivity contribution in [1.29, 1.82) is 0 Å². The minimum Gasteiger partial charge on any atom is -0.389 e. The summed E-state index contributed by atoms with van der Waals surface area (Å²) in [5.41, 5.74) is 3.14. The monoisotopic (exact) mass is 577 g/mol. The first-order chi connectivity index (χ1) is 17.6. The predicted molar refractivity (Wildman–Crippen MR) is 131 cm³/mol. The number of carbonyl (C=O) groups excluding carboxylic acids is 1. The van der Waals surface area contributed by atoms with Gasteiger partial charge in [0.25, 0.3) is 5.89 Å². The SMILES string of the molecule is Cc1noc(-c2ccc3nc([N-]c4cc(CN5CCN(C(=O)CC(F)(F)F)CC5)c(Br)cn4)[nH]c3c2)n1. The topological polar surface area (TPSA) is 118 Å². The van der Waals surface area contributed by atoms with Gasteiger partial charge in [0.15, 0.2) is 5.82 Å². The summed E-state index contributed by atoms with van der Waals surface area (Å²) >= 11 is 3.51. The number of imidazole rings is 1. The first-order valence-corrected chi connectivity index (χ1v) is 12.2. The Bertz CT molecular complexity index is 1430. The Balaban J connectivity index is 1.23. The molecule has 1 N–H and O–H groups in total. The number of rotatable bonds is 6. The summed E-state index contributed by atoms with van der Waals surface area (Å²) in [5.74, 6) is 0.903. The molecule has 1 saturated heterocycles. The third-order valence-corrected chi connectivity index (χ3v) is 6.57. The lowest BCUT2D eigenvalue weighted by Gasteiger charge is -2.35. The van der Waals surface area contributed by atoms with Crippen molar-refractivity contribution in [2.45, 2.75) is 26.1 Å². The molecule has 0 spiro atoms. The third kappa shape index (κ3) is 6.07. The van der Waals surface area contributed by atoms with Crippen LogP contribution in [-0.4, -0.2) is 73.2 Å². The number of hydrogen-bond acceptors (Lipinski definition) is 7. The molecule has 0 radical (unpaired) electrons. The summed E-state index contributed by atoms with van der Waals surface area (Å²) in [6, 6.07) is 7.35. The number of nitrogens with one attached hydrogen (secondary N) is 1. The van der Waals surface area contributed by atoms with Crippen LogP contribution in [0.1, 0.15) is 17.8 Å². The molecule has 0 unspecified atom stereocenters. The van der Waals surface area contributed by atoms with Gasteiger partial charge in [0.2, 0.25) is 5.91 Å². The molecule has 1 aliphatic heterocycles. The molecule has 0 saturated carbocycles. The standard InChI is InChI=1S/C23H21BrF3N8O2/c1-13-29-21(37-33-13)14-2-3-17-18(8-14)31-22(30-17)32-19-9-15(16(24)11-28-19)12-34-4-6-35(7-5-34)20(36)10-23(25,26)27/h2-3,8-9,11H,4-7,10,12H2,1H3,(H-,28,29,30,31,32,33)/q-1. The zero-order chi connectivity index (χ0) is 26.2. The fourth-order valence-corrected chi connectivity index (χ4v) is 4.38. The summed E-state index contributed by atoms with van der Waals surface area (Å²) in [6.45, 7) is 3.71. The van der Waals surface area contributed by atoms with Gasteiger partial charge < -0.3 is 29.7 Å². The second-order valence-corrected chi connectivity index (χ2v) is 9.49. The zero-order valence-electron chi connectivity index (χ0n) is 19.6. The maximum absolute atomic E-state index is 12.5. The van der Waals surface area contributed by atoms with Crippen LogP contribution in [0.25, 0.3) is 27.8 Å². The molecule has 4 aromatic rings. The molecule has 3 aromatic heterocycles. The molecular weight excluding hydrogens is 557 g/mol. The molecule has 194 valence electrons. The maximum Gasteiger partial charge on any atom is 0.397 e. The van der Waals surface area contributed by atoms with Gasteiger partial charge in [-0.1, -0.05) is 5.16 Å². The molecule has 4 heterocycles. The normalized spacial score (nSPS) is 14.9. The van der Waals surface area contributed by atoms with Gasteiger partial charge in [-0.15, -0.1) is 0 Å². The molecule has 1 aromatic carbocycles. The summed E-state index contributed by atoms with van der Waals surface area (Å²) in [5, 5.41) is 8.33. The fraction of sp³-hybridized carbons (Fsp3) is 0.348. The van der Waals surface area contributed by atoms with Crippen LogP contribution >= 0.6 is 15.9 Å². The number of alkyl halides is 3. The third-order valence-electron chi connectivity index (χ3n) is 5.86. The number of amides is 1. The minimum absolute atomic E-state index is 0.249. The van der Waals surface area contributed by atoms with Crippen LogP contribution in [0.2, 0.25) is 0 Å². The number of carbonyl (C=O) groups is 1. The van der Waals surface area contributed by atoms with Gasteiger partial charge in [0.1, 0.15) is 6.42 Å². The molecule has 1 amide bonds. The Morgan fingerprint density at radius 1 is 1.19 bits per heavy atom. The van der Waals surface area contributed by atoms with E-state index in [1.807, 2.05) is 24.3 Å². The fourth-order valence-electron chi connectivity index (χ4n) is 4.03. The number of benzene rings is 1. The molecule has 1 fully saturated rings. The van der Waals surface area contributed by atoms with Crippen LogP contribution in [0.4, 0.5) is 24.9 Å². The predicted octanol–water partition coefficient (Wildman–Crippen LogP) is 5.01. The van der Waals surface area contributed by atoms with Gasteiger partial charge in [-0.05, 0) is 58.9 Å². The van der Waals surface area contributed by atoms with Gasteiger partial charge in [-0.2, -0.15) is 18.2 Å². The van der Waals surface area contributed by atoms with Gasteiger partial charge in [-0.25, -0.2) is 0 Å². The molecule has 37 heavy (non-hydrogen) atoms. The van der Waals surface area contributed by atoms with E-state index in [9.17, 15) is 18.0 Å². The number of aromatic amines is 1. The van der Waals surface area contributed by atoms with Crippen LogP contribution in [0.5, 0.6) is 0 Å². The van der Waals surface area contributed by atoms with E-state index in [1.54, 1.807) is 13.1 Å². The van der Waals surface area contributed by atoms with Crippen molar-refractivity contribution in [2.24, 2.45) is 0 Å². The summed E-state index contributed by atoms with van der Waals surface area (Å²) in [6.07, 6.45) is -4.27. The number of aryl methyl sites for hydroxylation is 1. The Kier molecular flexibility index (Phi) is 6.86. The van der Waals surface area contributed by atoms with Gasteiger partial charge in [0.05, 0.1) is 5.95 Å². The Hall–Kier alpha value is -3.52. The largest absolute Gasteiger partial charge is 0.397 e. The number of nitrogens with zero attached hydrogens (tertiary/aromatic N) is 7. The van der Waals surface area contributed by atoms with Crippen LogP contribution in [0.3, 0.4) is 0 Å². The Labute approximate surface area is 217 Å². The number of hydrogen-bond donors (Lipinski definition) is 1. The van der Waals surface area contributed by atoms with E-state index in [2.05, 4.69) is 51.2 Å². The van der Waals surface area contributed by atoms with E-state index in [0.29, 0.717) is 48.6 Å². The number of piperazine rings is 1. The van der Waals surface area contributed by atoms with Gasteiger partial charge >= 0.3 is 6.18 Å². The number of aromatic nitrogens is 5. The molecule has 14 heteroatoms. The second-order valence-electron chi connectivity index (χ2n) is 8.63. The average molecular weight is 578 g/mol. The lowest BCUT2D eigenvalue weighted by Crippen LogP contribution is -2.49. The Morgan fingerprint density at radius 3 is 2.68 bits per heavy atom. The molecule has 0 atom stereocenters. The second kappa shape index (κ2) is 10.1.